The molecule has 1 aliphatic rings. The summed E-state index contributed by atoms with van der Waals surface area (Å²) in [6.45, 7) is 11.3. The van der Waals surface area contributed by atoms with Crippen molar-refractivity contribution in [2.24, 2.45) is 5.92 Å². The molecule has 27 heavy (non-hydrogen) atoms. The van der Waals surface area contributed by atoms with E-state index in [4.69, 9.17) is 4.74 Å². The standard InChI is InChI=1S/C20H31N5O2/c1-6-21-17-16-13(2)11-25(18(16)24-12-23-17)15-8-7-14(9-15)10-22-19(26)27-20(3,4)5/h11-12,14-15H,6-10H2,1-5H3,(H,22,26)(H,21,23,24)/t14-,15+/m1/s1. The molecule has 2 aromatic rings. The largest absolute Gasteiger partial charge is 0.444 e. The van der Waals surface area contributed by atoms with Crippen LogP contribution in [0.2, 0.25) is 0 Å². The lowest BCUT2D eigenvalue weighted by Crippen LogP contribution is -2.34. The van der Waals surface area contributed by atoms with Crippen LogP contribution in [0, 0.1) is 12.8 Å². The third kappa shape index (κ3) is 4.51. The van der Waals surface area contributed by atoms with E-state index in [1.54, 1.807) is 6.33 Å². The Morgan fingerprint density at radius 1 is 1.33 bits per heavy atom. The predicted octanol–water partition coefficient (Wildman–Crippen LogP) is 4.04. The number of ether oxygens (including phenoxy) is 1. The molecule has 1 amide bonds. The second-order valence-corrected chi connectivity index (χ2v) is 8.39. The Hall–Kier alpha value is -2.31. The van der Waals surface area contributed by atoms with Gasteiger partial charge >= 0.3 is 6.09 Å². The molecule has 1 saturated carbocycles. The normalized spacial score (nSPS) is 20.0. The van der Waals surface area contributed by atoms with E-state index in [9.17, 15) is 4.79 Å². The molecule has 0 aliphatic heterocycles. The number of carbonyl (C=O) groups is 1. The monoisotopic (exact) mass is 373 g/mol. The number of aryl methyl sites for hydroxylation is 1. The van der Waals surface area contributed by atoms with E-state index in [1.807, 2.05) is 20.8 Å². The molecular formula is C20H31N5O2. The Balaban J connectivity index is 1.67. The SMILES string of the molecule is CCNc1ncnc2c1c(C)cn2[C@H]1CC[C@@H](CNC(=O)OC(C)(C)C)C1. The van der Waals surface area contributed by atoms with Gasteiger partial charge in [0, 0.05) is 25.3 Å². The van der Waals surface area contributed by atoms with Crippen LogP contribution in [0.1, 0.15) is 58.6 Å². The first kappa shape index (κ1) is 19.5. The molecule has 1 aliphatic carbocycles. The molecule has 0 spiro atoms. The minimum atomic E-state index is -0.464. The molecular weight excluding hydrogens is 342 g/mol. The number of carbonyl (C=O) groups excluding carboxylic acids is 1. The van der Waals surface area contributed by atoms with Gasteiger partial charge in [-0.2, -0.15) is 0 Å². The third-order valence-electron chi connectivity index (χ3n) is 4.98. The molecule has 2 atom stereocenters. The lowest BCUT2D eigenvalue weighted by Gasteiger charge is -2.20. The van der Waals surface area contributed by atoms with Crippen molar-refractivity contribution >= 4 is 22.9 Å². The highest BCUT2D eigenvalue weighted by atomic mass is 16.6. The molecule has 0 radical (unpaired) electrons. The molecule has 2 aromatic heterocycles. The summed E-state index contributed by atoms with van der Waals surface area (Å²) in [6.07, 6.45) is 6.69. The zero-order valence-electron chi connectivity index (χ0n) is 17.0. The second-order valence-electron chi connectivity index (χ2n) is 8.39. The number of alkyl carbamates (subject to hydrolysis) is 1. The Morgan fingerprint density at radius 2 is 2.11 bits per heavy atom. The van der Waals surface area contributed by atoms with Crippen molar-refractivity contribution in [3.05, 3.63) is 18.1 Å². The topological polar surface area (TPSA) is 81.1 Å². The number of hydrogen-bond donors (Lipinski definition) is 2. The number of hydrogen-bond acceptors (Lipinski definition) is 5. The maximum atomic E-state index is 11.9. The minimum absolute atomic E-state index is 0.337. The summed E-state index contributed by atoms with van der Waals surface area (Å²) < 4.78 is 7.62. The molecule has 0 saturated heterocycles. The third-order valence-corrected chi connectivity index (χ3v) is 4.98. The average molecular weight is 374 g/mol. The Labute approximate surface area is 160 Å². The number of nitrogens with one attached hydrogen (secondary N) is 2. The summed E-state index contributed by atoms with van der Waals surface area (Å²) in [7, 11) is 0. The number of aromatic nitrogens is 3. The van der Waals surface area contributed by atoms with Crippen LogP contribution in [0.4, 0.5) is 10.6 Å². The van der Waals surface area contributed by atoms with E-state index in [2.05, 4.69) is 45.2 Å². The summed E-state index contributed by atoms with van der Waals surface area (Å²) in [6, 6.07) is 0.399. The molecule has 2 N–H and O–H groups in total. The van der Waals surface area contributed by atoms with Crippen molar-refractivity contribution in [3.8, 4) is 0 Å². The smallest absolute Gasteiger partial charge is 0.407 e. The van der Waals surface area contributed by atoms with Crippen molar-refractivity contribution in [2.75, 3.05) is 18.4 Å². The fraction of sp³-hybridized carbons (Fsp3) is 0.650. The summed E-state index contributed by atoms with van der Waals surface area (Å²) in [5.74, 6) is 1.36. The first-order chi connectivity index (χ1) is 12.8. The number of nitrogens with zero attached hydrogens (tertiary/aromatic N) is 3. The van der Waals surface area contributed by atoms with Gasteiger partial charge < -0.3 is 19.9 Å². The lowest BCUT2D eigenvalue weighted by atomic mass is 10.1. The van der Waals surface area contributed by atoms with E-state index in [1.165, 1.54) is 5.56 Å². The van der Waals surface area contributed by atoms with Crippen molar-refractivity contribution in [1.29, 1.82) is 0 Å². The van der Waals surface area contributed by atoms with Crippen LogP contribution in [0.3, 0.4) is 0 Å². The summed E-state index contributed by atoms with van der Waals surface area (Å²) in [5, 5.41) is 7.35. The molecule has 2 heterocycles. The molecule has 148 valence electrons. The molecule has 0 unspecified atom stereocenters. The van der Waals surface area contributed by atoms with Crippen molar-refractivity contribution in [1.82, 2.24) is 19.9 Å². The summed E-state index contributed by atoms with van der Waals surface area (Å²) in [4.78, 5) is 20.8. The van der Waals surface area contributed by atoms with Crippen LogP contribution in [-0.2, 0) is 4.74 Å². The highest BCUT2D eigenvalue weighted by Gasteiger charge is 2.28. The molecule has 1 fully saturated rings. The number of fused-ring (bicyclic) bond motifs is 1. The quantitative estimate of drug-likeness (QED) is 0.827. The van der Waals surface area contributed by atoms with E-state index < -0.39 is 5.60 Å². The van der Waals surface area contributed by atoms with Gasteiger partial charge in [-0.1, -0.05) is 0 Å². The van der Waals surface area contributed by atoms with E-state index in [0.29, 0.717) is 18.5 Å². The van der Waals surface area contributed by atoms with Crippen molar-refractivity contribution in [2.45, 2.75) is 65.5 Å². The van der Waals surface area contributed by atoms with Crippen LogP contribution in [0.25, 0.3) is 11.0 Å². The zero-order chi connectivity index (χ0) is 19.6. The highest BCUT2D eigenvalue weighted by Crippen LogP contribution is 2.38. The van der Waals surface area contributed by atoms with E-state index in [-0.39, 0.29) is 6.09 Å². The van der Waals surface area contributed by atoms with Crippen LogP contribution >= 0.6 is 0 Å². The predicted molar refractivity (Wildman–Crippen MR) is 107 cm³/mol. The van der Waals surface area contributed by atoms with Gasteiger partial charge in [-0.15, -0.1) is 0 Å². The molecule has 7 heteroatoms. The average Bonchev–Trinajstić information content (AvgIpc) is 3.17. The van der Waals surface area contributed by atoms with Gasteiger partial charge in [0.2, 0.25) is 0 Å². The van der Waals surface area contributed by atoms with Crippen LogP contribution in [-0.4, -0.2) is 39.3 Å². The first-order valence-corrected chi connectivity index (χ1v) is 9.81. The fourth-order valence-corrected chi connectivity index (χ4v) is 3.88. The van der Waals surface area contributed by atoms with Gasteiger partial charge in [-0.3, -0.25) is 0 Å². The van der Waals surface area contributed by atoms with Gasteiger partial charge in [0.25, 0.3) is 0 Å². The number of anilines is 1. The molecule has 0 aromatic carbocycles. The van der Waals surface area contributed by atoms with Gasteiger partial charge in [-0.25, -0.2) is 14.8 Å². The van der Waals surface area contributed by atoms with Crippen molar-refractivity contribution in [3.63, 3.8) is 0 Å². The summed E-state index contributed by atoms with van der Waals surface area (Å²) >= 11 is 0. The molecule has 0 bridgehead atoms. The van der Waals surface area contributed by atoms with Crippen LogP contribution < -0.4 is 10.6 Å². The minimum Gasteiger partial charge on any atom is -0.444 e. The van der Waals surface area contributed by atoms with Gasteiger partial charge in [0.05, 0.1) is 5.39 Å². The van der Waals surface area contributed by atoms with E-state index >= 15 is 0 Å². The summed E-state index contributed by atoms with van der Waals surface area (Å²) in [5.41, 5.74) is 1.72. The Bertz CT molecular complexity index is 809. The zero-order valence-corrected chi connectivity index (χ0v) is 17.0. The van der Waals surface area contributed by atoms with Crippen LogP contribution in [0.5, 0.6) is 0 Å². The Morgan fingerprint density at radius 3 is 2.81 bits per heavy atom. The first-order valence-electron chi connectivity index (χ1n) is 9.81. The van der Waals surface area contributed by atoms with Gasteiger partial charge in [0.1, 0.15) is 23.4 Å². The van der Waals surface area contributed by atoms with Gasteiger partial charge in [-0.05, 0) is 65.4 Å². The highest BCUT2D eigenvalue weighted by molar-refractivity contribution is 5.90. The number of rotatable bonds is 5. The van der Waals surface area contributed by atoms with E-state index in [0.717, 1.165) is 42.7 Å². The maximum Gasteiger partial charge on any atom is 0.407 e. The Kier molecular flexibility index (Phi) is 5.58. The molecule has 7 nitrogen and oxygen atoms in total. The second kappa shape index (κ2) is 7.74. The lowest BCUT2D eigenvalue weighted by molar-refractivity contribution is 0.0519. The maximum absolute atomic E-state index is 11.9. The number of amides is 1. The van der Waals surface area contributed by atoms with Gasteiger partial charge in [0.15, 0.2) is 0 Å². The fourth-order valence-electron chi connectivity index (χ4n) is 3.88. The van der Waals surface area contributed by atoms with Crippen LogP contribution in [0.15, 0.2) is 12.5 Å². The van der Waals surface area contributed by atoms with Crippen molar-refractivity contribution < 1.29 is 9.53 Å². The molecule has 3 rings (SSSR count).